The molecule has 1 heterocycles. The highest BCUT2D eigenvalue weighted by Crippen LogP contribution is 2.25. The molecule has 0 aromatic carbocycles. The molecule has 5 heteroatoms. The van der Waals surface area contributed by atoms with Crippen molar-refractivity contribution in [1.29, 1.82) is 5.26 Å². The van der Waals surface area contributed by atoms with Gasteiger partial charge in [-0.25, -0.2) is 4.79 Å². The molecule has 0 aromatic heterocycles. The summed E-state index contributed by atoms with van der Waals surface area (Å²) in [6.07, 6.45) is 1.48. The standard InChI is InChI=1S/C12H15NO4/c1-3-11(14)17-8(2)10(7-13)6-9-4-5-16-12(9)15/h3,8-10H,1,4-6H2,2H3. The molecule has 3 unspecified atom stereocenters. The van der Waals surface area contributed by atoms with Crippen LogP contribution in [0.25, 0.3) is 0 Å². The second-order valence-corrected chi connectivity index (χ2v) is 3.97. The van der Waals surface area contributed by atoms with Crippen LogP contribution in [0.1, 0.15) is 19.8 Å². The molecule has 0 aliphatic carbocycles. The Kier molecular flexibility index (Phi) is 4.70. The summed E-state index contributed by atoms with van der Waals surface area (Å²) in [5.74, 6) is -1.60. The number of nitrogens with zero attached hydrogens (tertiary/aromatic N) is 1. The van der Waals surface area contributed by atoms with Gasteiger partial charge in [-0.15, -0.1) is 0 Å². The lowest BCUT2D eigenvalue weighted by atomic mass is 9.91. The van der Waals surface area contributed by atoms with Crippen molar-refractivity contribution in [2.24, 2.45) is 11.8 Å². The number of cyclic esters (lactones) is 1. The van der Waals surface area contributed by atoms with Crippen LogP contribution >= 0.6 is 0 Å². The van der Waals surface area contributed by atoms with Crippen LogP contribution in [0.5, 0.6) is 0 Å². The Labute approximate surface area is 100 Å². The Balaban J connectivity index is 2.53. The number of rotatable bonds is 5. The van der Waals surface area contributed by atoms with Crippen molar-refractivity contribution in [3.63, 3.8) is 0 Å². The molecule has 17 heavy (non-hydrogen) atoms. The van der Waals surface area contributed by atoms with Gasteiger partial charge in [-0.1, -0.05) is 6.58 Å². The first kappa shape index (κ1) is 13.2. The lowest BCUT2D eigenvalue weighted by Gasteiger charge is -2.18. The van der Waals surface area contributed by atoms with Crippen LogP contribution < -0.4 is 0 Å². The van der Waals surface area contributed by atoms with Gasteiger partial charge < -0.3 is 9.47 Å². The largest absolute Gasteiger partial charge is 0.465 e. The van der Waals surface area contributed by atoms with Gasteiger partial charge in [0.15, 0.2) is 0 Å². The van der Waals surface area contributed by atoms with Crippen LogP contribution in [0.15, 0.2) is 12.7 Å². The van der Waals surface area contributed by atoms with Crippen molar-refractivity contribution in [2.45, 2.75) is 25.9 Å². The normalized spacial score (nSPS) is 22.1. The predicted molar refractivity (Wildman–Crippen MR) is 58.5 cm³/mol. The van der Waals surface area contributed by atoms with E-state index in [0.717, 1.165) is 6.08 Å². The Morgan fingerprint density at radius 1 is 1.82 bits per heavy atom. The van der Waals surface area contributed by atoms with E-state index in [4.69, 9.17) is 14.7 Å². The summed E-state index contributed by atoms with van der Waals surface area (Å²) >= 11 is 0. The zero-order valence-electron chi connectivity index (χ0n) is 9.72. The molecule has 1 rings (SSSR count). The topological polar surface area (TPSA) is 76.4 Å². The second kappa shape index (κ2) is 6.04. The van der Waals surface area contributed by atoms with Crippen molar-refractivity contribution in [2.75, 3.05) is 6.61 Å². The SMILES string of the molecule is C=CC(=O)OC(C)C(C#N)CC1CCOC1=O. The number of carbonyl (C=O) groups is 2. The van der Waals surface area contributed by atoms with Crippen molar-refractivity contribution in [3.8, 4) is 6.07 Å². The smallest absolute Gasteiger partial charge is 0.330 e. The van der Waals surface area contributed by atoms with Crippen LogP contribution in [-0.4, -0.2) is 24.6 Å². The summed E-state index contributed by atoms with van der Waals surface area (Å²) in [5, 5.41) is 9.01. The minimum absolute atomic E-state index is 0.260. The van der Waals surface area contributed by atoms with Gasteiger partial charge in [0.2, 0.25) is 0 Å². The Bertz CT molecular complexity index is 358. The van der Waals surface area contributed by atoms with Crippen molar-refractivity contribution < 1.29 is 19.1 Å². The van der Waals surface area contributed by atoms with E-state index in [1.54, 1.807) is 6.92 Å². The number of carbonyl (C=O) groups excluding carboxylic acids is 2. The van der Waals surface area contributed by atoms with Gasteiger partial charge in [0.25, 0.3) is 0 Å². The van der Waals surface area contributed by atoms with Gasteiger partial charge >= 0.3 is 11.9 Å². The molecule has 1 aliphatic heterocycles. The predicted octanol–water partition coefficient (Wildman–Crippen LogP) is 1.20. The van der Waals surface area contributed by atoms with Crippen molar-refractivity contribution >= 4 is 11.9 Å². The molecule has 1 saturated heterocycles. The highest BCUT2D eigenvalue weighted by Gasteiger charge is 2.32. The Morgan fingerprint density at radius 2 is 2.53 bits per heavy atom. The highest BCUT2D eigenvalue weighted by molar-refractivity contribution is 5.81. The monoisotopic (exact) mass is 237 g/mol. The van der Waals surface area contributed by atoms with Crippen LogP contribution in [0.2, 0.25) is 0 Å². The van der Waals surface area contributed by atoms with Crippen molar-refractivity contribution in [3.05, 3.63) is 12.7 Å². The van der Waals surface area contributed by atoms with Gasteiger partial charge in [0.05, 0.1) is 24.5 Å². The van der Waals surface area contributed by atoms with E-state index in [2.05, 4.69) is 12.6 Å². The lowest BCUT2D eigenvalue weighted by molar-refractivity contribution is -0.144. The molecule has 1 fully saturated rings. The molecule has 0 spiro atoms. The summed E-state index contributed by atoms with van der Waals surface area (Å²) < 4.78 is 9.79. The molecule has 92 valence electrons. The second-order valence-electron chi connectivity index (χ2n) is 3.97. The van der Waals surface area contributed by atoms with E-state index in [1.165, 1.54) is 0 Å². The highest BCUT2D eigenvalue weighted by atomic mass is 16.5. The zero-order valence-corrected chi connectivity index (χ0v) is 9.72. The third-order valence-electron chi connectivity index (χ3n) is 2.78. The Morgan fingerprint density at radius 3 is 3.00 bits per heavy atom. The number of ether oxygens (including phenoxy) is 2. The summed E-state index contributed by atoms with van der Waals surface area (Å²) in [4.78, 5) is 22.3. The Hall–Kier alpha value is -1.83. The maximum absolute atomic E-state index is 11.3. The van der Waals surface area contributed by atoms with Crippen LogP contribution in [0.4, 0.5) is 0 Å². The number of hydrogen-bond acceptors (Lipinski definition) is 5. The maximum atomic E-state index is 11.3. The van der Waals surface area contributed by atoms with Crippen molar-refractivity contribution in [1.82, 2.24) is 0 Å². The minimum atomic E-state index is -0.563. The van der Waals surface area contributed by atoms with Crippen LogP contribution in [0.3, 0.4) is 0 Å². The van der Waals surface area contributed by atoms with Gasteiger partial charge in [0.1, 0.15) is 6.10 Å². The molecule has 0 radical (unpaired) electrons. The average molecular weight is 237 g/mol. The molecule has 0 aromatic rings. The first-order valence-corrected chi connectivity index (χ1v) is 5.47. The summed E-state index contributed by atoms with van der Waals surface area (Å²) in [6, 6.07) is 2.06. The van der Waals surface area contributed by atoms with E-state index in [0.29, 0.717) is 19.4 Å². The summed E-state index contributed by atoms with van der Waals surface area (Å²) in [7, 11) is 0. The van der Waals surface area contributed by atoms with Gasteiger partial charge in [-0.3, -0.25) is 4.79 Å². The molecule has 0 N–H and O–H groups in total. The third-order valence-corrected chi connectivity index (χ3v) is 2.78. The molecular formula is C12H15NO4. The average Bonchev–Trinajstić information content (AvgIpc) is 2.71. The number of hydrogen-bond donors (Lipinski definition) is 0. The third kappa shape index (κ3) is 3.59. The minimum Gasteiger partial charge on any atom is -0.465 e. The quantitative estimate of drug-likeness (QED) is 0.530. The first-order valence-electron chi connectivity index (χ1n) is 5.47. The zero-order chi connectivity index (χ0) is 12.8. The molecule has 1 aliphatic rings. The maximum Gasteiger partial charge on any atom is 0.330 e. The fourth-order valence-corrected chi connectivity index (χ4v) is 1.72. The molecule has 5 nitrogen and oxygen atoms in total. The number of esters is 2. The summed E-state index contributed by atoms with van der Waals surface area (Å²) in [5.41, 5.74) is 0. The van der Waals surface area contributed by atoms with E-state index >= 15 is 0 Å². The molecular weight excluding hydrogens is 222 g/mol. The fourth-order valence-electron chi connectivity index (χ4n) is 1.72. The van der Waals surface area contributed by atoms with Gasteiger partial charge in [-0.05, 0) is 19.8 Å². The van der Waals surface area contributed by atoms with E-state index < -0.39 is 18.0 Å². The molecule has 0 bridgehead atoms. The summed E-state index contributed by atoms with van der Waals surface area (Å²) in [6.45, 7) is 5.32. The lowest BCUT2D eigenvalue weighted by Crippen LogP contribution is -2.25. The van der Waals surface area contributed by atoms with E-state index in [1.807, 2.05) is 0 Å². The van der Waals surface area contributed by atoms with E-state index in [9.17, 15) is 9.59 Å². The molecule has 0 saturated carbocycles. The number of nitriles is 1. The molecule has 0 amide bonds. The van der Waals surface area contributed by atoms with Gasteiger partial charge in [-0.2, -0.15) is 5.26 Å². The first-order chi connectivity index (χ1) is 8.08. The fraction of sp³-hybridized carbons (Fsp3) is 0.583. The van der Waals surface area contributed by atoms with Crippen LogP contribution in [-0.2, 0) is 19.1 Å². The van der Waals surface area contributed by atoms with Gasteiger partial charge in [0, 0.05) is 6.08 Å². The van der Waals surface area contributed by atoms with Crippen LogP contribution in [0, 0.1) is 23.2 Å². The molecule has 3 atom stereocenters. The van der Waals surface area contributed by atoms with E-state index in [-0.39, 0.29) is 11.9 Å².